The lowest BCUT2D eigenvalue weighted by Gasteiger charge is -2.29. The van der Waals surface area contributed by atoms with E-state index >= 15 is 0 Å². The van der Waals surface area contributed by atoms with E-state index in [0.29, 0.717) is 18.0 Å². The van der Waals surface area contributed by atoms with Crippen molar-refractivity contribution in [2.45, 2.75) is 11.3 Å². The summed E-state index contributed by atoms with van der Waals surface area (Å²) in [5.74, 6) is 0. The molecule has 3 nitrogen and oxygen atoms in total. The van der Waals surface area contributed by atoms with Gasteiger partial charge in [-0.15, -0.1) is 0 Å². The third kappa shape index (κ3) is 1.47. The molecule has 0 N–H and O–H groups in total. The van der Waals surface area contributed by atoms with Crippen molar-refractivity contribution in [3.63, 3.8) is 0 Å². The molecular weight excluding hydrogens is 186 g/mol. The van der Waals surface area contributed by atoms with Crippen LogP contribution in [0.15, 0.2) is 29.2 Å². The van der Waals surface area contributed by atoms with E-state index in [1.165, 1.54) is 4.31 Å². The van der Waals surface area contributed by atoms with Crippen LogP contribution in [0, 0.1) is 6.07 Å². The fourth-order valence-corrected chi connectivity index (χ4v) is 2.74. The van der Waals surface area contributed by atoms with Gasteiger partial charge in [0.1, 0.15) is 0 Å². The first kappa shape index (κ1) is 8.72. The van der Waals surface area contributed by atoms with Gasteiger partial charge in [0.15, 0.2) is 0 Å². The lowest BCUT2D eigenvalue weighted by molar-refractivity contribution is 0.309. The van der Waals surface area contributed by atoms with E-state index in [2.05, 4.69) is 6.07 Å². The zero-order valence-corrected chi connectivity index (χ0v) is 7.92. The van der Waals surface area contributed by atoms with Crippen LogP contribution in [0.2, 0.25) is 0 Å². The minimum Gasteiger partial charge on any atom is -0.207 e. The van der Waals surface area contributed by atoms with Gasteiger partial charge in [0.05, 0.1) is 4.90 Å². The summed E-state index contributed by atoms with van der Waals surface area (Å²) in [4.78, 5) is 0.367. The molecule has 1 heterocycles. The maximum atomic E-state index is 11.7. The Bertz CT molecular complexity index is 381. The molecule has 0 aromatic heterocycles. The van der Waals surface area contributed by atoms with Gasteiger partial charge in [-0.3, -0.25) is 0 Å². The van der Waals surface area contributed by atoms with Crippen LogP contribution in [0.25, 0.3) is 0 Å². The summed E-state index contributed by atoms with van der Waals surface area (Å²) >= 11 is 0. The SMILES string of the molecule is O=S(=O)(c1cc[c]cc1)N1CCC1. The summed E-state index contributed by atoms with van der Waals surface area (Å²) in [5, 5.41) is 0. The molecule has 1 radical (unpaired) electrons. The van der Waals surface area contributed by atoms with Gasteiger partial charge in [-0.1, -0.05) is 12.1 Å². The molecule has 4 heteroatoms. The van der Waals surface area contributed by atoms with Crippen molar-refractivity contribution in [1.29, 1.82) is 0 Å². The first-order chi connectivity index (χ1) is 6.21. The minimum atomic E-state index is -3.19. The van der Waals surface area contributed by atoms with Gasteiger partial charge in [-0.05, 0) is 24.6 Å². The number of hydrogen-bond donors (Lipinski definition) is 0. The van der Waals surface area contributed by atoms with Gasteiger partial charge in [-0.25, -0.2) is 8.42 Å². The van der Waals surface area contributed by atoms with E-state index in [1.807, 2.05) is 0 Å². The Hall–Kier alpha value is -0.870. The van der Waals surface area contributed by atoms with Crippen molar-refractivity contribution in [2.24, 2.45) is 0 Å². The van der Waals surface area contributed by atoms with Crippen molar-refractivity contribution in [3.8, 4) is 0 Å². The van der Waals surface area contributed by atoms with Crippen LogP contribution >= 0.6 is 0 Å². The molecule has 2 rings (SSSR count). The van der Waals surface area contributed by atoms with Crippen molar-refractivity contribution >= 4 is 10.0 Å². The molecule has 1 aliphatic rings. The molecule has 0 saturated carbocycles. The second-order valence-corrected chi connectivity index (χ2v) is 4.93. The monoisotopic (exact) mass is 196 g/mol. The number of nitrogens with zero attached hydrogens (tertiary/aromatic N) is 1. The van der Waals surface area contributed by atoms with Crippen LogP contribution < -0.4 is 0 Å². The summed E-state index contributed by atoms with van der Waals surface area (Å²) in [5.41, 5.74) is 0. The molecule has 1 saturated heterocycles. The highest BCUT2D eigenvalue weighted by Gasteiger charge is 2.28. The third-order valence-electron chi connectivity index (χ3n) is 2.14. The van der Waals surface area contributed by atoms with Crippen LogP contribution in [-0.4, -0.2) is 25.8 Å². The zero-order chi connectivity index (χ0) is 9.31. The van der Waals surface area contributed by atoms with E-state index in [0.717, 1.165) is 6.42 Å². The smallest absolute Gasteiger partial charge is 0.207 e. The standard InChI is InChI=1S/C9H10NO2S/c11-13(12,10-7-4-8-10)9-5-2-1-3-6-9/h2-3,5-6H,4,7-8H2. The highest BCUT2D eigenvalue weighted by Crippen LogP contribution is 2.20. The van der Waals surface area contributed by atoms with Crippen LogP contribution in [0.1, 0.15) is 6.42 Å². The van der Waals surface area contributed by atoms with Crippen LogP contribution in [0.4, 0.5) is 0 Å². The highest BCUT2D eigenvalue weighted by atomic mass is 32.2. The normalized spacial score (nSPS) is 18.2. The molecule has 1 aromatic rings. The van der Waals surface area contributed by atoms with Gasteiger partial charge in [0, 0.05) is 13.1 Å². The van der Waals surface area contributed by atoms with Gasteiger partial charge in [-0.2, -0.15) is 4.31 Å². The van der Waals surface area contributed by atoms with E-state index in [-0.39, 0.29) is 0 Å². The molecule has 69 valence electrons. The molecule has 0 bridgehead atoms. The highest BCUT2D eigenvalue weighted by molar-refractivity contribution is 7.89. The predicted octanol–water partition coefficient (Wildman–Crippen LogP) is 0.881. The van der Waals surface area contributed by atoms with Gasteiger partial charge >= 0.3 is 0 Å². The van der Waals surface area contributed by atoms with E-state index in [9.17, 15) is 8.42 Å². The first-order valence-electron chi connectivity index (χ1n) is 4.17. The zero-order valence-electron chi connectivity index (χ0n) is 7.10. The van der Waals surface area contributed by atoms with Gasteiger partial charge in [0.25, 0.3) is 0 Å². The fourth-order valence-electron chi connectivity index (χ4n) is 1.22. The average Bonchev–Trinajstić information content (AvgIpc) is 2.02. The topological polar surface area (TPSA) is 37.4 Å². The Balaban J connectivity index is 2.35. The van der Waals surface area contributed by atoms with Gasteiger partial charge in [0.2, 0.25) is 10.0 Å². The largest absolute Gasteiger partial charge is 0.243 e. The summed E-state index contributed by atoms with van der Waals surface area (Å²) in [6, 6.07) is 9.19. The van der Waals surface area contributed by atoms with Crippen LogP contribution in [0.3, 0.4) is 0 Å². The quantitative estimate of drug-likeness (QED) is 0.704. The Morgan fingerprint density at radius 3 is 2.31 bits per heavy atom. The number of hydrogen-bond acceptors (Lipinski definition) is 2. The summed E-state index contributed by atoms with van der Waals surface area (Å²) in [6.07, 6.45) is 0.970. The molecule has 0 unspecified atom stereocenters. The Labute approximate surface area is 78.0 Å². The van der Waals surface area contributed by atoms with E-state index in [4.69, 9.17) is 0 Å². The molecule has 0 aliphatic carbocycles. The predicted molar refractivity (Wildman–Crippen MR) is 48.7 cm³/mol. The summed E-state index contributed by atoms with van der Waals surface area (Å²) < 4.78 is 24.9. The minimum absolute atomic E-state index is 0.367. The Morgan fingerprint density at radius 2 is 1.85 bits per heavy atom. The van der Waals surface area contributed by atoms with E-state index < -0.39 is 10.0 Å². The third-order valence-corrected chi connectivity index (χ3v) is 4.05. The fraction of sp³-hybridized carbons (Fsp3) is 0.333. The summed E-state index contributed by atoms with van der Waals surface area (Å²) in [7, 11) is -3.19. The second-order valence-electron chi connectivity index (χ2n) is 2.99. The van der Waals surface area contributed by atoms with Crippen molar-refractivity contribution in [3.05, 3.63) is 30.3 Å². The molecule has 0 amide bonds. The van der Waals surface area contributed by atoms with Crippen molar-refractivity contribution in [1.82, 2.24) is 4.31 Å². The van der Waals surface area contributed by atoms with Gasteiger partial charge < -0.3 is 0 Å². The number of sulfonamides is 1. The molecule has 13 heavy (non-hydrogen) atoms. The lowest BCUT2D eigenvalue weighted by Crippen LogP contribution is -2.41. The molecule has 1 fully saturated rings. The first-order valence-corrected chi connectivity index (χ1v) is 5.61. The molecule has 1 aliphatic heterocycles. The number of benzene rings is 1. The van der Waals surface area contributed by atoms with E-state index in [1.54, 1.807) is 24.3 Å². The van der Waals surface area contributed by atoms with Crippen molar-refractivity contribution in [2.75, 3.05) is 13.1 Å². The lowest BCUT2D eigenvalue weighted by atomic mass is 10.3. The average molecular weight is 196 g/mol. The molecular formula is C9H10NO2S. The van der Waals surface area contributed by atoms with Crippen LogP contribution in [-0.2, 0) is 10.0 Å². The molecule has 1 aromatic carbocycles. The number of rotatable bonds is 2. The Morgan fingerprint density at radius 1 is 1.23 bits per heavy atom. The second kappa shape index (κ2) is 3.12. The van der Waals surface area contributed by atoms with Crippen molar-refractivity contribution < 1.29 is 8.42 Å². The maximum absolute atomic E-state index is 11.7. The Kier molecular flexibility index (Phi) is 2.09. The maximum Gasteiger partial charge on any atom is 0.243 e. The van der Waals surface area contributed by atoms with Crippen LogP contribution in [0.5, 0.6) is 0 Å². The molecule has 0 atom stereocenters. The molecule has 0 spiro atoms. The summed E-state index contributed by atoms with van der Waals surface area (Å²) in [6.45, 7) is 1.31.